The van der Waals surface area contributed by atoms with Gasteiger partial charge in [0.1, 0.15) is 0 Å². The lowest BCUT2D eigenvalue weighted by Gasteiger charge is -2.25. The summed E-state index contributed by atoms with van der Waals surface area (Å²) in [5, 5.41) is 11.8. The Kier molecular flexibility index (Phi) is 5.54. The Labute approximate surface area is 157 Å². The van der Waals surface area contributed by atoms with Crippen molar-refractivity contribution in [3.8, 4) is 0 Å². The zero-order chi connectivity index (χ0) is 19.4. The Bertz CT molecular complexity index is 861. The van der Waals surface area contributed by atoms with Crippen LogP contribution in [0.1, 0.15) is 34.3 Å². The number of rotatable bonds is 6. The monoisotopic (exact) mass is 366 g/mol. The molecule has 1 unspecified atom stereocenters. The maximum Gasteiger partial charge on any atom is 0.335 e. The molecule has 1 heterocycles. The van der Waals surface area contributed by atoms with Gasteiger partial charge in [-0.3, -0.25) is 9.59 Å². The van der Waals surface area contributed by atoms with Crippen molar-refractivity contribution in [3.05, 3.63) is 65.2 Å². The van der Waals surface area contributed by atoms with Gasteiger partial charge in [0.25, 0.3) is 0 Å². The number of anilines is 1. The minimum atomic E-state index is -0.974. The van der Waals surface area contributed by atoms with E-state index in [4.69, 9.17) is 5.11 Å². The van der Waals surface area contributed by atoms with E-state index in [-0.39, 0.29) is 23.3 Å². The summed E-state index contributed by atoms with van der Waals surface area (Å²) in [6.07, 6.45) is 1.45. The third kappa shape index (κ3) is 4.53. The second kappa shape index (κ2) is 8.03. The lowest BCUT2D eigenvalue weighted by molar-refractivity contribution is -0.131. The number of nitrogens with zero attached hydrogens (tertiary/aromatic N) is 1. The first-order valence-electron chi connectivity index (χ1n) is 8.89. The SMILES string of the molecule is CN(Cc1ccc(C(=O)O)cc1)C(=O)CCC1Cc2ccccc2NC1=O. The van der Waals surface area contributed by atoms with Gasteiger partial charge in [0.2, 0.25) is 11.8 Å². The molecule has 2 amide bonds. The van der Waals surface area contributed by atoms with E-state index in [0.29, 0.717) is 25.8 Å². The van der Waals surface area contributed by atoms with Crippen LogP contribution in [0.15, 0.2) is 48.5 Å². The fraction of sp³-hybridized carbons (Fsp3) is 0.286. The van der Waals surface area contributed by atoms with Gasteiger partial charge in [0, 0.05) is 31.6 Å². The van der Waals surface area contributed by atoms with Crippen LogP contribution in [-0.2, 0) is 22.6 Å². The molecule has 2 N–H and O–H groups in total. The van der Waals surface area contributed by atoms with E-state index in [1.54, 1.807) is 24.1 Å². The molecule has 6 heteroatoms. The molecule has 27 heavy (non-hydrogen) atoms. The summed E-state index contributed by atoms with van der Waals surface area (Å²) >= 11 is 0. The summed E-state index contributed by atoms with van der Waals surface area (Å²) in [5.41, 5.74) is 3.03. The first kappa shape index (κ1) is 18.6. The van der Waals surface area contributed by atoms with Crippen LogP contribution in [0.25, 0.3) is 0 Å². The predicted molar refractivity (Wildman–Crippen MR) is 101 cm³/mol. The number of hydrogen-bond acceptors (Lipinski definition) is 3. The van der Waals surface area contributed by atoms with E-state index in [0.717, 1.165) is 16.8 Å². The maximum atomic E-state index is 12.4. The predicted octanol–water partition coefficient (Wildman–Crippen LogP) is 2.93. The van der Waals surface area contributed by atoms with Gasteiger partial charge < -0.3 is 15.3 Å². The number of fused-ring (bicyclic) bond motifs is 1. The van der Waals surface area contributed by atoms with E-state index in [1.807, 2.05) is 24.3 Å². The molecule has 0 aromatic heterocycles. The van der Waals surface area contributed by atoms with E-state index in [9.17, 15) is 14.4 Å². The fourth-order valence-corrected chi connectivity index (χ4v) is 3.25. The number of nitrogens with one attached hydrogen (secondary N) is 1. The number of para-hydroxylation sites is 1. The van der Waals surface area contributed by atoms with Crippen molar-refractivity contribution < 1.29 is 19.5 Å². The molecule has 0 bridgehead atoms. The normalized spacial score (nSPS) is 15.6. The molecule has 140 valence electrons. The highest BCUT2D eigenvalue weighted by molar-refractivity contribution is 5.96. The molecule has 0 saturated carbocycles. The molecule has 2 aromatic rings. The zero-order valence-corrected chi connectivity index (χ0v) is 15.1. The summed E-state index contributed by atoms with van der Waals surface area (Å²) in [5.74, 6) is -1.25. The number of benzene rings is 2. The van der Waals surface area contributed by atoms with Crippen LogP contribution in [0.3, 0.4) is 0 Å². The van der Waals surface area contributed by atoms with Crippen LogP contribution >= 0.6 is 0 Å². The van der Waals surface area contributed by atoms with Gasteiger partial charge in [-0.15, -0.1) is 0 Å². The Morgan fingerprint density at radius 2 is 1.85 bits per heavy atom. The quantitative estimate of drug-likeness (QED) is 0.823. The lowest BCUT2D eigenvalue weighted by Crippen LogP contribution is -2.32. The highest BCUT2D eigenvalue weighted by Crippen LogP contribution is 2.27. The van der Waals surface area contributed by atoms with Gasteiger partial charge in [0.05, 0.1) is 5.56 Å². The largest absolute Gasteiger partial charge is 0.478 e. The number of carbonyl (C=O) groups is 3. The first-order valence-corrected chi connectivity index (χ1v) is 8.89. The molecule has 3 rings (SSSR count). The van der Waals surface area contributed by atoms with Gasteiger partial charge in [-0.25, -0.2) is 4.79 Å². The minimum absolute atomic E-state index is 0.0339. The van der Waals surface area contributed by atoms with Gasteiger partial charge >= 0.3 is 5.97 Å². The van der Waals surface area contributed by atoms with Gasteiger partial charge in [-0.2, -0.15) is 0 Å². The minimum Gasteiger partial charge on any atom is -0.478 e. The number of aromatic carboxylic acids is 1. The summed E-state index contributed by atoms with van der Waals surface area (Å²) in [4.78, 5) is 37.1. The molecule has 1 atom stereocenters. The summed E-state index contributed by atoms with van der Waals surface area (Å²) in [6, 6.07) is 14.2. The van der Waals surface area contributed by atoms with E-state index in [1.165, 1.54) is 12.1 Å². The summed E-state index contributed by atoms with van der Waals surface area (Å²) in [6.45, 7) is 0.401. The third-order valence-electron chi connectivity index (χ3n) is 4.87. The average molecular weight is 366 g/mol. The molecular weight excluding hydrogens is 344 g/mol. The molecule has 2 aromatic carbocycles. The van der Waals surface area contributed by atoms with E-state index in [2.05, 4.69) is 5.32 Å². The average Bonchev–Trinajstić information content (AvgIpc) is 2.66. The van der Waals surface area contributed by atoms with Gasteiger partial charge in [-0.1, -0.05) is 30.3 Å². The topological polar surface area (TPSA) is 86.7 Å². The Balaban J connectivity index is 1.53. The van der Waals surface area contributed by atoms with Crippen molar-refractivity contribution in [1.29, 1.82) is 0 Å². The van der Waals surface area contributed by atoms with Gasteiger partial charge in [-0.05, 0) is 42.2 Å². The molecule has 0 aliphatic carbocycles. The first-order chi connectivity index (χ1) is 12.9. The van der Waals surface area contributed by atoms with Crippen LogP contribution in [0.2, 0.25) is 0 Å². The third-order valence-corrected chi connectivity index (χ3v) is 4.87. The van der Waals surface area contributed by atoms with Crippen LogP contribution in [0.4, 0.5) is 5.69 Å². The molecule has 0 spiro atoms. The second-order valence-electron chi connectivity index (χ2n) is 6.84. The maximum absolute atomic E-state index is 12.4. The smallest absolute Gasteiger partial charge is 0.335 e. The Morgan fingerprint density at radius 3 is 2.56 bits per heavy atom. The van der Waals surface area contributed by atoms with Crippen molar-refractivity contribution >= 4 is 23.5 Å². The van der Waals surface area contributed by atoms with Crippen LogP contribution < -0.4 is 5.32 Å². The Morgan fingerprint density at radius 1 is 1.15 bits per heavy atom. The fourth-order valence-electron chi connectivity index (χ4n) is 3.25. The van der Waals surface area contributed by atoms with Gasteiger partial charge in [0.15, 0.2) is 0 Å². The molecule has 0 saturated heterocycles. The van der Waals surface area contributed by atoms with Crippen molar-refractivity contribution in [2.24, 2.45) is 5.92 Å². The lowest BCUT2D eigenvalue weighted by atomic mass is 9.89. The van der Waals surface area contributed by atoms with Crippen LogP contribution in [0.5, 0.6) is 0 Å². The number of carboxylic acids is 1. The number of carboxylic acid groups (broad SMARTS) is 1. The molecule has 0 radical (unpaired) electrons. The summed E-state index contributed by atoms with van der Waals surface area (Å²) < 4.78 is 0. The van der Waals surface area contributed by atoms with Crippen molar-refractivity contribution in [3.63, 3.8) is 0 Å². The number of amides is 2. The molecular formula is C21H22N2O4. The highest BCUT2D eigenvalue weighted by Gasteiger charge is 2.26. The summed E-state index contributed by atoms with van der Waals surface area (Å²) in [7, 11) is 1.71. The van der Waals surface area contributed by atoms with Crippen molar-refractivity contribution in [1.82, 2.24) is 4.90 Å². The van der Waals surface area contributed by atoms with Crippen LogP contribution in [0, 0.1) is 5.92 Å². The molecule has 1 aliphatic rings. The number of carbonyl (C=O) groups excluding carboxylic acids is 2. The zero-order valence-electron chi connectivity index (χ0n) is 15.1. The second-order valence-corrected chi connectivity index (χ2v) is 6.84. The van der Waals surface area contributed by atoms with E-state index < -0.39 is 5.97 Å². The Hall–Kier alpha value is -3.15. The molecule has 0 fully saturated rings. The standard InChI is InChI=1S/C21H22N2O4/c1-23(13-14-6-8-15(9-7-14)21(26)27)19(24)11-10-17-12-16-4-2-3-5-18(16)22-20(17)25/h2-9,17H,10-13H2,1H3,(H,22,25)(H,26,27). The highest BCUT2D eigenvalue weighted by atomic mass is 16.4. The van der Waals surface area contributed by atoms with Crippen LogP contribution in [-0.4, -0.2) is 34.8 Å². The van der Waals surface area contributed by atoms with E-state index >= 15 is 0 Å². The number of hydrogen-bond donors (Lipinski definition) is 2. The van der Waals surface area contributed by atoms with Crippen molar-refractivity contribution in [2.45, 2.75) is 25.8 Å². The van der Waals surface area contributed by atoms with Crippen molar-refractivity contribution in [2.75, 3.05) is 12.4 Å². The molecule has 1 aliphatic heterocycles. The molecule has 6 nitrogen and oxygen atoms in total.